The van der Waals surface area contributed by atoms with Crippen LogP contribution >= 0.6 is 0 Å². The van der Waals surface area contributed by atoms with Crippen molar-refractivity contribution in [2.45, 2.75) is 31.0 Å². The van der Waals surface area contributed by atoms with E-state index in [4.69, 9.17) is 10.5 Å². The molecule has 1 aliphatic rings. The third kappa shape index (κ3) is 5.72. The first kappa shape index (κ1) is 32.2. The molecule has 0 saturated heterocycles. The van der Waals surface area contributed by atoms with Crippen LogP contribution in [0.2, 0.25) is 0 Å². The molecule has 0 saturated carbocycles. The SMILES string of the molecule is Cc1cnc2c(Nc3cncnc3)cc(C(=O)NCC(O)(c3cc4c(c(-c5ccc(F)cc5)n3)OC[C@]4(C)C(N)=O)C(F)(F)F)cc2c1. The number of primary amides is 1. The predicted octanol–water partition coefficient (Wildman–Crippen LogP) is 4.59. The Balaban J connectivity index is 1.41. The summed E-state index contributed by atoms with van der Waals surface area (Å²) in [5, 5.41) is 17.2. The van der Waals surface area contributed by atoms with Gasteiger partial charge in [0.15, 0.2) is 0 Å². The van der Waals surface area contributed by atoms with E-state index in [-0.39, 0.29) is 34.7 Å². The monoisotopic (exact) mass is 661 g/mol. The fourth-order valence-corrected chi connectivity index (χ4v) is 5.35. The molecule has 11 nitrogen and oxygen atoms in total. The Kier molecular flexibility index (Phi) is 7.95. The summed E-state index contributed by atoms with van der Waals surface area (Å²) in [5.41, 5.74) is 1.30. The van der Waals surface area contributed by atoms with Gasteiger partial charge in [0.2, 0.25) is 11.5 Å². The van der Waals surface area contributed by atoms with Crippen molar-refractivity contribution in [1.82, 2.24) is 25.3 Å². The van der Waals surface area contributed by atoms with Crippen molar-refractivity contribution in [2.24, 2.45) is 5.73 Å². The van der Waals surface area contributed by atoms with E-state index in [2.05, 4.69) is 30.6 Å². The van der Waals surface area contributed by atoms with Gasteiger partial charge in [0, 0.05) is 28.3 Å². The molecule has 2 aromatic carbocycles. The maximum absolute atomic E-state index is 14.8. The maximum atomic E-state index is 14.8. The lowest BCUT2D eigenvalue weighted by Crippen LogP contribution is -2.51. The number of aliphatic hydroxyl groups is 1. The lowest BCUT2D eigenvalue weighted by Gasteiger charge is -2.31. The molecule has 0 bridgehead atoms. The molecule has 3 aromatic heterocycles. The number of rotatable bonds is 8. The first-order chi connectivity index (χ1) is 22.7. The Morgan fingerprint density at radius 1 is 1.06 bits per heavy atom. The topological polar surface area (TPSA) is 165 Å². The second-order valence-electron chi connectivity index (χ2n) is 11.6. The van der Waals surface area contributed by atoms with E-state index in [1.165, 1.54) is 49.9 Å². The maximum Gasteiger partial charge on any atom is 0.424 e. The highest BCUT2D eigenvalue weighted by molar-refractivity contribution is 6.03. The summed E-state index contributed by atoms with van der Waals surface area (Å²) in [6, 6.07) is 10.2. The number of pyridine rings is 2. The fraction of sp³-hybridized carbons (Fsp3) is 0.212. The van der Waals surface area contributed by atoms with Gasteiger partial charge < -0.3 is 26.2 Å². The van der Waals surface area contributed by atoms with Crippen molar-refractivity contribution in [3.05, 3.63) is 102 Å². The quantitative estimate of drug-likeness (QED) is 0.174. The molecule has 1 unspecified atom stereocenters. The van der Waals surface area contributed by atoms with Gasteiger partial charge in [-0.05, 0) is 67.9 Å². The molecule has 2 atom stereocenters. The summed E-state index contributed by atoms with van der Waals surface area (Å²) in [6.45, 7) is 1.51. The number of carbonyl (C=O) groups is 2. The molecule has 5 N–H and O–H groups in total. The summed E-state index contributed by atoms with van der Waals surface area (Å²) < 4.78 is 64.0. The van der Waals surface area contributed by atoms with Crippen molar-refractivity contribution in [2.75, 3.05) is 18.5 Å². The van der Waals surface area contributed by atoms with Crippen molar-refractivity contribution in [1.29, 1.82) is 0 Å². The molecule has 1 aliphatic heterocycles. The number of nitrogens with one attached hydrogen (secondary N) is 2. The minimum atomic E-state index is -5.38. The Bertz CT molecular complexity index is 2060. The van der Waals surface area contributed by atoms with Crippen molar-refractivity contribution in [3.63, 3.8) is 0 Å². The number of aromatic nitrogens is 4. The molecule has 4 heterocycles. The fourth-order valence-electron chi connectivity index (χ4n) is 5.35. The van der Waals surface area contributed by atoms with E-state index in [1.54, 1.807) is 19.2 Å². The highest BCUT2D eigenvalue weighted by Crippen LogP contribution is 2.47. The number of amides is 2. The normalized spacial score (nSPS) is 16.9. The van der Waals surface area contributed by atoms with E-state index >= 15 is 0 Å². The predicted molar refractivity (Wildman–Crippen MR) is 166 cm³/mol. The number of benzene rings is 2. The van der Waals surface area contributed by atoms with Crippen LogP contribution in [0.15, 0.2) is 73.4 Å². The molecule has 48 heavy (non-hydrogen) atoms. The number of nitrogens with two attached hydrogens (primary N) is 1. The van der Waals surface area contributed by atoms with Crippen LogP contribution in [0.5, 0.6) is 5.75 Å². The zero-order valence-corrected chi connectivity index (χ0v) is 25.4. The van der Waals surface area contributed by atoms with Crippen LogP contribution < -0.4 is 21.1 Å². The van der Waals surface area contributed by atoms with Gasteiger partial charge in [-0.1, -0.05) is 0 Å². The second-order valence-corrected chi connectivity index (χ2v) is 11.6. The number of alkyl halides is 3. The summed E-state index contributed by atoms with van der Waals surface area (Å²) >= 11 is 0. The van der Waals surface area contributed by atoms with Crippen LogP contribution in [0.4, 0.5) is 28.9 Å². The number of halogens is 4. The lowest BCUT2D eigenvalue weighted by atomic mass is 9.81. The molecular formula is C33H27F4N7O4. The van der Waals surface area contributed by atoms with Crippen LogP contribution in [0.1, 0.15) is 34.1 Å². The van der Waals surface area contributed by atoms with Gasteiger partial charge in [-0.2, -0.15) is 13.2 Å². The number of fused-ring (bicyclic) bond motifs is 2. The van der Waals surface area contributed by atoms with Gasteiger partial charge >= 0.3 is 6.18 Å². The Morgan fingerprint density at radius 2 is 1.77 bits per heavy atom. The van der Waals surface area contributed by atoms with Gasteiger partial charge in [0.25, 0.3) is 5.91 Å². The summed E-state index contributed by atoms with van der Waals surface area (Å²) in [5.74, 6) is -2.48. The van der Waals surface area contributed by atoms with Crippen molar-refractivity contribution < 1.29 is 37.0 Å². The first-order valence-electron chi connectivity index (χ1n) is 14.4. The Hall–Kier alpha value is -5.70. The molecule has 6 rings (SSSR count). The standard InChI is InChI=1S/C33H27F4N7O4/c1-17-7-19-8-20(9-24(26(19)41-11-17)43-22-12-39-16-40-13-22)29(45)42-14-32(47,33(35,36)37)25-10-23-28(48-15-31(23,2)30(38)46)27(44-25)18-3-5-21(34)6-4-18/h3-13,16,43,47H,14-15H2,1-2H3,(H2,38,46)(H,42,45)/t31-,32?/m0/s1. The zero-order valence-electron chi connectivity index (χ0n) is 25.4. The van der Waals surface area contributed by atoms with Crippen LogP contribution in [-0.2, 0) is 15.8 Å². The molecule has 2 amide bonds. The van der Waals surface area contributed by atoms with Crippen LogP contribution in [0.25, 0.3) is 22.2 Å². The molecule has 0 fully saturated rings. The van der Waals surface area contributed by atoms with E-state index in [0.717, 1.165) is 23.8 Å². The average Bonchev–Trinajstić information content (AvgIpc) is 3.40. The number of anilines is 2. The minimum absolute atomic E-state index is 0.0378. The Labute approximate surface area is 270 Å². The number of aryl methyl sites for hydroxylation is 1. The third-order valence-corrected chi connectivity index (χ3v) is 8.15. The van der Waals surface area contributed by atoms with Gasteiger partial charge in [-0.3, -0.25) is 14.6 Å². The molecule has 15 heteroatoms. The van der Waals surface area contributed by atoms with E-state index in [9.17, 15) is 32.3 Å². The first-order valence-corrected chi connectivity index (χ1v) is 14.4. The van der Waals surface area contributed by atoms with Crippen LogP contribution in [-0.4, -0.2) is 56.2 Å². The highest BCUT2D eigenvalue weighted by Gasteiger charge is 2.57. The number of hydrogen-bond acceptors (Lipinski definition) is 9. The summed E-state index contributed by atoms with van der Waals surface area (Å²) in [7, 11) is 0. The number of hydrogen-bond donors (Lipinski definition) is 4. The minimum Gasteiger partial charge on any atom is -0.489 e. The molecule has 0 aliphatic carbocycles. The summed E-state index contributed by atoms with van der Waals surface area (Å²) in [4.78, 5) is 42.4. The smallest absolute Gasteiger partial charge is 0.424 e. The van der Waals surface area contributed by atoms with Crippen LogP contribution in [0.3, 0.4) is 0 Å². The van der Waals surface area contributed by atoms with Gasteiger partial charge in [0.1, 0.15) is 35.6 Å². The molecule has 0 spiro atoms. The number of carbonyl (C=O) groups excluding carboxylic acids is 2. The highest BCUT2D eigenvalue weighted by atomic mass is 19.4. The van der Waals surface area contributed by atoms with Gasteiger partial charge in [0.05, 0.1) is 41.5 Å². The van der Waals surface area contributed by atoms with Gasteiger partial charge in [-0.25, -0.2) is 19.3 Å². The number of nitrogens with zero attached hydrogens (tertiary/aromatic N) is 4. The Morgan fingerprint density at radius 3 is 2.44 bits per heavy atom. The molecular weight excluding hydrogens is 634 g/mol. The molecule has 0 radical (unpaired) electrons. The zero-order chi connectivity index (χ0) is 34.4. The molecule has 5 aromatic rings. The van der Waals surface area contributed by atoms with E-state index < -0.39 is 47.1 Å². The lowest BCUT2D eigenvalue weighted by molar-refractivity contribution is -0.265. The van der Waals surface area contributed by atoms with Crippen molar-refractivity contribution >= 4 is 34.1 Å². The molecule has 246 valence electrons. The van der Waals surface area contributed by atoms with E-state index in [1.807, 2.05) is 0 Å². The third-order valence-electron chi connectivity index (χ3n) is 8.15. The second kappa shape index (κ2) is 11.8. The van der Waals surface area contributed by atoms with Gasteiger partial charge in [-0.15, -0.1) is 0 Å². The van der Waals surface area contributed by atoms with Crippen LogP contribution in [0, 0.1) is 12.7 Å². The summed E-state index contributed by atoms with van der Waals surface area (Å²) in [6.07, 6.45) is 0.546. The number of ether oxygens (including phenoxy) is 1. The average molecular weight is 662 g/mol. The van der Waals surface area contributed by atoms with Crippen molar-refractivity contribution in [3.8, 4) is 17.0 Å². The van der Waals surface area contributed by atoms with E-state index in [0.29, 0.717) is 22.3 Å². The largest absolute Gasteiger partial charge is 0.489 e.